The summed E-state index contributed by atoms with van der Waals surface area (Å²) in [6.07, 6.45) is 4.57. The number of piperidine rings is 1. The van der Waals surface area contributed by atoms with Crippen molar-refractivity contribution in [2.24, 2.45) is 5.73 Å². The molecule has 30 heavy (non-hydrogen) atoms. The molecule has 1 spiro atoms. The molecule has 5 rings (SSSR count). The highest BCUT2D eigenvalue weighted by molar-refractivity contribution is 5.92. The average Bonchev–Trinajstić information content (AvgIpc) is 3.43. The van der Waals surface area contributed by atoms with Gasteiger partial charge in [0, 0.05) is 43.2 Å². The second-order valence-electron chi connectivity index (χ2n) is 9.26. The van der Waals surface area contributed by atoms with Crippen LogP contribution >= 0.6 is 0 Å². The predicted molar refractivity (Wildman–Crippen MR) is 117 cm³/mol. The number of hydrogen-bond acceptors (Lipinski definition) is 4. The molecule has 2 saturated heterocycles. The number of likely N-dealkylation sites (tertiary alicyclic amines) is 1. The number of carbonyl (C=O) groups is 1. The van der Waals surface area contributed by atoms with Gasteiger partial charge in [-0.2, -0.15) is 0 Å². The largest absolute Gasteiger partial charge is 0.373 e. The smallest absolute Gasteiger partial charge is 0.248 e. The summed E-state index contributed by atoms with van der Waals surface area (Å²) < 4.78 is 6.36. The van der Waals surface area contributed by atoms with E-state index in [9.17, 15) is 4.79 Å². The summed E-state index contributed by atoms with van der Waals surface area (Å²) in [6, 6.07) is 19.6. The first-order chi connectivity index (χ1) is 14.6. The van der Waals surface area contributed by atoms with Crippen LogP contribution in [0.5, 0.6) is 0 Å². The molecule has 3 N–H and O–H groups in total. The minimum absolute atomic E-state index is 0.0567. The van der Waals surface area contributed by atoms with Gasteiger partial charge in [-0.15, -0.1) is 0 Å². The highest BCUT2D eigenvalue weighted by atomic mass is 16.5. The second kappa shape index (κ2) is 8.14. The van der Waals surface area contributed by atoms with Crippen LogP contribution in [0.4, 0.5) is 0 Å². The van der Waals surface area contributed by atoms with Gasteiger partial charge in [0.05, 0.1) is 12.2 Å². The Morgan fingerprint density at radius 2 is 1.83 bits per heavy atom. The van der Waals surface area contributed by atoms with Crippen molar-refractivity contribution in [1.29, 1.82) is 0 Å². The van der Waals surface area contributed by atoms with Crippen LogP contribution in [0.3, 0.4) is 0 Å². The van der Waals surface area contributed by atoms with E-state index in [0.717, 1.165) is 45.5 Å². The zero-order valence-electron chi connectivity index (χ0n) is 17.4. The topological polar surface area (TPSA) is 67.6 Å². The van der Waals surface area contributed by atoms with Gasteiger partial charge >= 0.3 is 0 Å². The Morgan fingerprint density at radius 3 is 2.53 bits per heavy atom. The third kappa shape index (κ3) is 4.29. The summed E-state index contributed by atoms with van der Waals surface area (Å²) in [5.74, 6) is 0.301. The fraction of sp³-hybridized carbons (Fsp3) is 0.480. The molecule has 0 radical (unpaired) electrons. The molecule has 3 fully saturated rings. The first kappa shape index (κ1) is 19.7. The van der Waals surface area contributed by atoms with E-state index < -0.39 is 0 Å². The quantitative estimate of drug-likeness (QED) is 0.775. The number of nitrogens with two attached hydrogens (primary N) is 1. The Morgan fingerprint density at radius 1 is 1.10 bits per heavy atom. The molecule has 2 unspecified atom stereocenters. The molecule has 2 aromatic carbocycles. The van der Waals surface area contributed by atoms with Crippen LogP contribution in [-0.2, 0) is 11.3 Å². The van der Waals surface area contributed by atoms with Gasteiger partial charge in [0.2, 0.25) is 5.91 Å². The first-order valence-corrected chi connectivity index (χ1v) is 11.2. The van der Waals surface area contributed by atoms with E-state index in [-0.39, 0.29) is 11.5 Å². The van der Waals surface area contributed by atoms with Crippen molar-refractivity contribution in [3.8, 4) is 0 Å². The van der Waals surface area contributed by atoms with Crippen LogP contribution < -0.4 is 11.1 Å². The molecule has 2 heterocycles. The lowest BCUT2D eigenvalue weighted by molar-refractivity contribution is -0.0449. The Hall–Kier alpha value is -2.21. The summed E-state index contributed by atoms with van der Waals surface area (Å²) >= 11 is 0. The average molecular weight is 406 g/mol. The number of nitrogens with one attached hydrogen (secondary N) is 1. The summed E-state index contributed by atoms with van der Waals surface area (Å²) in [5.41, 5.74) is 8.64. The van der Waals surface area contributed by atoms with Crippen molar-refractivity contribution in [2.75, 3.05) is 19.7 Å². The summed E-state index contributed by atoms with van der Waals surface area (Å²) in [5, 5.41) is 3.86. The van der Waals surface area contributed by atoms with Crippen LogP contribution in [0, 0.1) is 0 Å². The Labute approximate surface area is 178 Å². The van der Waals surface area contributed by atoms with Crippen LogP contribution in [-0.4, -0.2) is 48.2 Å². The zero-order valence-corrected chi connectivity index (χ0v) is 17.4. The number of hydrogen-bond donors (Lipinski definition) is 2. The van der Waals surface area contributed by atoms with Crippen LogP contribution in [0.2, 0.25) is 0 Å². The summed E-state index contributed by atoms with van der Waals surface area (Å²) in [4.78, 5) is 13.7. The number of amides is 1. The Bertz CT molecular complexity index is 875. The van der Waals surface area contributed by atoms with Crippen molar-refractivity contribution < 1.29 is 9.53 Å². The number of ether oxygens (including phenoxy) is 1. The highest BCUT2D eigenvalue weighted by Crippen LogP contribution is 2.43. The summed E-state index contributed by atoms with van der Waals surface area (Å²) in [7, 11) is 0. The van der Waals surface area contributed by atoms with Crippen LogP contribution in [0.1, 0.15) is 53.1 Å². The number of rotatable bonds is 6. The van der Waals surface area contributed by atoms with Gasteiger partial charge in [-0.25, -0.2) is 0 Å². The molecule has 1 aliphatic carbocycles. The lowest BCUT2D eigenvalue weighted by atomic mass is 9.87. The van der Waals surface area contributed by atoms with Crippen molar-refractivity contribution in [3.63, 3.8) is 0 Å². The molecule has 3 atom stereocenters. The minimum Gasteiger partial charge on any atom is -0.373 e. The number of carbonyl (C=O) groups excluding carboxylic acids is 1. The molecule has 5 nitrogen and oxygen atoms in total. The predicted octanol–water partition coefficient (Wildman–Crippen LogP) is 3.05. The van der Waals surface area contributed by atoms with Gasteiger partial charge < -0.3 is 15.8 Å². The molecule has 2 aliphatic heterocycles. The molecule has 158 valence electrons. The van der Waals surface area contributed by atoms with Crippen LogP contribution in [0.15, 0.2) is 54.6 Å². The van der Waals surface area contributed by atoms with E-state index >= 15 is 0 Å². The maximum Gasteiger partial charge on any atom is 0.248 e. The van der Waals surface area contributed by atoms with E-state index in [1.54, 1.807) is 0 Å². The Kier molecular flexibility index (Phi) is 5.35. The molecular weight excluding hydrogens is 374 g/mol. The van der Waals surface area contributed by atoms with Gasteiger partial charge in [0.15, 0.2) is 0 Å². The van der Waals surface area contributed by atoms with Gasteiger partial charge in [0.25, 0.3) is 0 Å². The SMILES string of the molecule is NC(=O)c1ccc(CN2CCC3(CC2)CC(NC2C[C@H]2c2ccccc2)CO3)cc1. The Balaban J connectivity index is 1.09. The van der Waals surface area contributed by atoms with E-state index in [4.69, 9.17) is 10.5 Å². The van der Waals surface area contributed by atoms with E-state index in [1.807, 2.05) is 24.3 Å². The number of primary amides is 1. The summed E-state index contributed by atoms with van der Waals surface area (Å²) in [6.45, 7) is 3.87. The zero-order chi connectivity index (χ0) is 20.6. The van der Waals surface area contributed by atoms with E-state index in [0.29, 0.717) is 23.6 Å². The minimum atomic E-state index is -0.371. The van der Waals surface area contributed by atoms with Gasteiger partial charge in [-0.3, -0.25) is 9.69 Å². The van der Waals surface area contributed by atoms with Crippen molar-refractivity contribution >= 4 is 5.91 Å². The van der Waals surface area contributed by atoms with Gasteiger partial charge in [0.1, 0.15) is 0 Å². The lowest BCUT2D eigenvalue weighted by Crippen LogP contribution is -2.44. The number of benzene rings is 2. The van der Waals surface area contributed by atoms with Crippen molar-refractivity contribution in [1.82, 2.24) is 10.2 Å². The fourth-order valence-corrected chi connectivity index (χ4v) is 5.20. The molecule has 0 bridgehead atoms. The highest BCUT2D eigenvalue weighted by Gasteiger charge is 2.46. The van der Waals surface area contributed by atoms with E-state index in [2.05, 4.69) is 40.5 Å². The molecule has 5 heteroatoms. The van der Waals surface area contributed by atoms with Gasteiger partial charge in [-0.1, -0.05) is 42.5 Å². The maximum atomic E-state index is 11.2. The fourth-order valence-electron chi connectivity index (χ4n) is 5.20. The van der Waals surface area contributed by atoms with E-state index in [1.165, 1.54) is 17.5 Å². The maximum absolute atomic E-state index is 11.2. The molecule has 0 aromatic heterocycles. The second-order valence-corrected chi connectivity index (χ2v) is 9.26. The first-order valence-electron chi connectivity index (χ1n) is 11.2. The lowest BCUT2D eigenvalue weighted by Gasteiger charge is -2.38. The third-order valence-electron chi connectivity index (χ3n) is 7.09. The molecule has 2 aromatic rings. The van der Waals surface area contributed by atoms with Crippen molar-refractivity contribution in [3.05, 3.63) is 71.3 Å². The standard InChI is InChI=1S/C25H31N3O2/c26-24(29)20-8-6-18(7-9-20)16-28-12-10-25(11-13-28)15-21(17-30-25)27-23-14-22(23)19-4-2-1-3-5-19/h1-9,21-23,27H,10-17H2,(H2,26,29)/t21?,22-,23?/m0/s1. The van der Waals surface area contributed by atoms with Crippen LogP contribution in [0.25, 0.3) is 0 Å². The third-order valence-corrected chi connectivity index (χ3v) is 7.09. The molecule has 1 amide bonds. The van der Waals surface area contributed by atoms with Crippen molar-refractivity contribution in [2.45, 2.75) is 55.8 Å². The van der Waals surface area contributed by atoms with Gasteiger partial charge in [-0.05, 0) is 48.9 Å². The molecule has 3 aliphatic rings. The molecule has 1 saturated carbocycles. The molecular formula is C25H31N3O2. The normalized spacial score (nSPS) is 27.9. The number of nitrogens with zero attached hydrogens (tertiary/aromatic N) is 1. The monoisotopic (exact) mass is 405 g/mol.